The summed E-state index contributed by atoms with van der Waals surface area (Å²) in [6.45, 7) is 1.46. The minimum absolute atomic E-state index is 0.0162. The summed E-state index contributed by atoms with van der Waals surface area (Å²) in [5.41, 5.74) is 0. The van der Waals surface area contributed by atoms with Crippen molar-refractivity contribution in [2.75, 3.05) is 0 Å². The van der Waals surface area contributed by atoms with Gasteiger partial charge in [-0.15, -0.1) is 11.3 Å². The Hall–Kier alpha value is -1.73. The molecule has 0 fully saturated rings. The quantitative estimate of drug-likeness (QED) is 0.875. The van der Waals surface area contributed by atoms with Crippen molar-refractivity contribution in [2.45, 2.75) is 19.6 Å². The third kappa shape index (κ3) is 2.89. The van der Waals surface area contributed by atoms with Crippen LogP contribution < -0.4 is 0 Å². The van der Waals surface area contributed by atoms with Gasteiger partial charge in [0.25, 0.3) is 5.89 Å². The van der Waals surface area contributed by atoms with Crippen molar-refractivity contribution in [3.05, 3.63) is 23.3 Å². The monoisotopic (exact) mass is 254 g/mol. The number of rotatable bonds is 5. The van der Waals surface area contributed by atoms with E-state index >= 15 is 0 Å². The van der Waals surface area contributed by atoms with E-state index in [0.717, 1.165) is 4.88 Å². The molecule has 0 aliphatic carbocycles. The fraction of sp³-hybridized carbons (Fsp3) is 0.300. The average molecular weight is 254 g/mol. The summed E-state index contributed by atoms with van der Waals surface area (Å²) < 4.78 is 10.1. The molecule has 2 aromatic heterocycles. The zero-order valence-corrected chi connectivity index (χ0v) is 9.81. The molecular weight excluding hydrogens is 244 g/mol. The predicted molar refractivity (Wildman–Crippen MR) is 59.5 cm³/mol. The number of thiophene rings is 1. The number of hydrogen-bond donors (Lipinski definition) is 1. The molecule has 0 unspecified atom stereocenters. The van der Waals surface area contributed by atoms with Crippen molar-refractivity contribution in [3.8, 4) is 10.8 Å². The van der Waals surface area contributed by atoms with E-state index in [0.29, 0.717) is 11.7 Å². The molecule has 0 saturated heterocycles. The van der Waals surface area contributed by atoms with E-state index in [4.69, 9.17) is 14.4 Å². The van der Waals surface area contributed by atoms with Gasteiger partial charge in [0.1, 0.15) is 6.61 Å². The molecular formula is C10H10N2O4S. The highest BCUT2D eigenvalue weighted by Crippen LogP contribution is 2.22. The topological polar surface area (TPSA) is 85.5 Å². The first-order valence-corrected chi connectivity index (χ1v) is 5.75. The van der Waals surface area contributed by atoms with Crippen molar-refractivity contribution in [1.29, 1.82) is 0 Å². The van der Waals surface area contributed by atoms with Crippen LogP contribution >= 0.6 is 11.3 Å². The van der Waals surface area contributed by atoms with Gasteiger partial charge in [0.15, 0.2) is 11.9 Å². The van der Waals surface area contributed by atoms with Crippen LogP contribution in [0.1, 0.15) is 12.7 Å². The summed E-state index contributed by atoms with van der Waals surface area (Å²) in [6, 6.07) is 3.75. The lowest BCUT2D eigenvalue weighted by Gasteiger charge is -2.04. The molecule has 2 heterocycles. The molecule has 1 atom stereocenters. The molecule has 0 amide bonds. The van der Waals surface area contributed by atoms with Crippen LogP contribution in [0.4, 0.5) is 0 Å². The van der Waals surface area contributed by atoms with Crippen LogP contribution in [0.3, 0.4) is 0 Å². The molecule has 0 aliphatic rings. The number of carboxylic acid groups (broad SMARTS) is 1. The van der Waals surface area contributed by atoms with E-state index in [1.807, 2.05) is 17.5 Å². The van der Waals surface area contributed by atoms with Crippen LogP contribution in [0, 0.1) is 0 Å². The molecule has 0 spiro atoms. The lowest BCUT2D eigenvalue weighted by atomic mass is 10.4. The highest BCUT2D eigenvalue weighted by Gasteiger charge is 2.14. The number of ether oxygens (including phenoxy) is 1. The maximum absolute atomic E-state index is 10.5. The van der Waals surface area contributed by atoms with Crippen molar-refractivity contribution >= 4 is 17.3 Å². The number of aromatic nitrogens is 2. The minimum Gasteiger partial charge on any atom is -0.479 e. The second-order valence-electron chi connectivity index (χ2n) is 3.28. The summed E-state index contributed by atoms with van der Waals surface area (Å²) in [6.07, 6.45) is -0.890. The summed E-state index contributed by atoms with van der Waals surface area (Å²) in [5.74, 6) is -0.268. The summed E-state index contributed by atoms with van der Waals surface area (Å²) in [7, 11) is 0. The molecule has 0 aromatic carbocycles. The van der Waals surface area contributed by atoms with Crippen LogP contribution in [0.25, 0.3) is 10.8 Å². The Morgan fingerprint density at radius 3 is 3.18 bits per heavy atom. The van der Waals surface area contributed by atoms with Crippen LogP contribution in [0.15, 0.2) is 22.0 Å². The Balaban J connectivity index is 1.97. The Labute approximate surface area is 101 Å². The van der Waals surface area contributed by atoms with Gasteiger partial charge in [0.05, 0.1) is 4.88 Å². The van der Waals surface area contributed by atoms with Crippen LogP contribution in [-0.2, 0) is 16.1 Å². The molecule has 7 heteroatoms. The molecule has 0 bridgehead atoms. The van der Waals surface area contributed by atoms with Gasteiger partial charge in [-0.2, -0.15) is 4.98 Å². The second-order valence-corrected chi connectivity index (χ2v) is 4.23. The lowest BCUT2D eigenvalue weighted by molar-refractivity contribution is -0.150. The van der Waals surface area contributed by atoms with E-state index in [2.05, 4.69) is 10.1 Å². The van der Waals surface area contributed by atoms with E-state index in [9.17, 15) is 4.79 Å². The first-order chi connectivity index (χ1) is 8.16. The highest BCUT2D eigenvalue weighted by atomic mass is 32.1. The van der Waals surface area contributed by atoms with Crippen molar-refractivity contribution < 1.29 is 19.2 Å². The number of carbonyl (C=O) groups is 1. The minimum atomic E-state index is -1.02. The number of aliphatic carboxylic acids is 1. The summed E-state index contributed by atoms with van der Waals surface area (Å²) in [5, 5.41) is 14.2. The SMILES string of the molecule is C[C@@H](OCc1noc(-c2cccs2)n1)C(=O)O. The Morgan fingerprint density at radius 1 is 1.71 bits per heavy atom. The molecule has 2 aromatic rings. The molecule has 17 heavy (non-hydrogen) atoms. The third-order valence-electron chi connectivity index (χ3n) is 2.01. The lowest BCUT2D eigenvalue weighted by Crippen LogP contribution is -2.19. The molecule has 0 saturated carbocycles. The van der Waals surface area contributed by atoms with Gasteiger partial charge in [0.2, 0.25) is 0 Å². The van der Waals surface area contributed by atoms with Crippen LogP contribution in [-0.4, -0.2) is 27.3 Å². The maximum Gasteiger partial charge on any atom is 0.332 e. The van der Waals surface area contributed by atoms with Gasteiger partial charge in [-0.25, -0.2) is 4.79 Å². The Bertz CT molecular complexity index is 494. The van der Waals surface area contributed by atoms with Crippen molar-refractivity contribution in [1.82, 2.24) is 10.1 Å². The standard InChI is InChI=1S/C10H10N2O4S/c1-6(10(13)14)15-5-8-11-9(16-12-8)7-3-2-4-17-7/h2-4,6H,5H2,1H3,(H,13,14)/t6-/m1/s1. The van der Waals surface area contributed by atoms with E-state index in [-0.39, 0.29) is 6.61 Å². The third-order valence-corrected chi connectivity index (χ3v) is 2.87. The zero-order chi connectivity index (χ0) is 12.3. The Morgan fingerprint density at radius 2 is 2.53 bits per heavy atom. The number of nitrogens with zero attached hydrogens (tertiary/aromatic N) is 2. The Kier molecular flexibility index (Phi) is 3.50. The largest absolute Gasteiger partial charge is 0.479 e. The number of carboxylic acids is 1. The van der Waals surface area contributed by atoms with Gasteiger partial charge in [-0.05, 0) is 18.4 Å². The van der Waals surface area contributed by atoms with Gasteiger partial charge in [-0.1, -0.05) is 11.2 Å². The second kappa shape index (κ2) is 5.07. The van der Waals surface area contributed by atoms with Crippen molar-refractivity contribution in [3.63, 3.8) is 0 Å². The van der Waals surface area contributed by atoms with Gasteiger partial charge in [-0.3, -0.25) is 0 Å². The normalized spacial score (nSPS) is 12.5. The van der Waals surface area contributed by atoms with Gasteiger partial charge in [0, 0.05) is 0 Å². The molecule has 1 N–H and O–H groups in total. The number of hydrogen-bond acceptors (Lipinski definition) is 6. The molecule has 90 valence electrons. The fourth-order valence-electron chi connectivity index (χ4n) is 1.08. The van der Waals surface area contributed by atoms with E-state index in [1.165, 1.54) is 18.3 Å². The van der Waals surface area contributed by atoms with E-state index in [1.54, 1.807) is 0 Å². The predicted octanol–water partition coefficient (Wildman–Crippen LogP) is 1.79. The van der Waals surface area contributed by atoms with Crippen molar-refractivity contribution in [2.24, 2.45) is 0 Å². The fourth-order valence-corrected chi connectivity index (χ4v) is 1.73. The molecule has 2 rings (SSSR count). The highest BCUT2D eigenvalue weighted by molar-refractivity contribution is 7.13. The average Bonchev–Trinajstić information content (AvgIpc) is 2.95. The van der Waals surface area contributed by atoms with Crippen LogP contribution in [0.2, 0.25) is 0 Å². The smallest absolute Gasteiger partial charge is 0.332 e. The summed E-state index contributed by atoms with van der Waals surface area (Å²) in [4.78, 5) is 15.5. The zero-order valence-electron chi connectivity index (χ0n) is 8.99. The molecule has 0 aliphatic heterocycles. The van der Waals surface area contributed by atoms with Gasteiger partial charge < -0.3 is 14.4 Å². The maximum atomic E-state index is 10.5. The van der Waals surface area contributed by atoms with E-state index < -0.39 is 12.1 Å². The first-order valence-electron chi connectivity index (χ1n) is 4.87. The van der Waals surface area contributed by atoms with Gasteiger partial charge >= 0.3 is 5.97 Å². The molecule has 0 radical (unpaired) electrons. The summed E-state index contributed by atoms with van der Waals surface area (Å²) >= 11 is 1.49. The first kappa shape index (κ1) is 11.7. The van der Waals surface area contributed by atoms with Crippen LogP contribution in [0.5, 0.6) is 0 Å². The molecule has 6 nitrogen and oxygen atoms in total.